The Balaban J connectivity index is 0.845. The van der Waals surface area contributed by atoms with E-state index in [1.807, 2.05) is 52.0 Å². The molecule has 2 saturated heterocycles. The molecule has 72 heavy (non-hydrogen) atoms. The van der Waals surface area contributed by atoms with Gasteiger partial charge in [0.05, 0.1) is 69.0 Å². The third-order valence-electron chi connectivity index (χ3n) is 12.9. The topological polar surface area (TPSA) is 174 Å². The molecule has 7 rings (SSSR count). The fourth-order valence-corrected chi connectivity index (χ4v) is 10.3. The van der Waals surface area contributed by atoms with Crippen molar-refractivity contribution >= 4 is 57.7 Å². The highest BCUT2D eigenvalue weighted by molar-refractivity contribution is 7.80. The number of nitriles is 1. The molecule has 18 heteroatoms. The molecule has 0 aliphatic carbocycles. The third-order valence-corrected chi connectivity index (χ3v) is 14.3. The molecule has 1 aromatic heterocycles. The summed E-state index contributed by atoms with van der Waals surface area (Å²) in [5.41, 5.74) is 2.11. The third kappa shape index (κ3) is 12.0. The Hall–Kier alpha value is -6.68. The number of likely N-dealkylation sites (tertiary alicyclic amines) is 1. The first-order valence-corrected chi connectivity index (χ1v) is 24.9. The minimum Gasteiger partial charge on any atom is -0.494 e. The van der Waals surface area contributed by atoms with Crippen LogP contribution in [0.4, 0.5) is 18.9 Å². The number of hydrogen-bond donors (Lipinski definition) is 3. The highest BCUT2D eigenvalue weighted by Crippen LogP contribution is 2.43. The van der Waals surface area contributed by atoms with Crippen molar-refractivity contribution in [1.82, 2.24) is 20.5 Å². The number of Topliss-reactive ketones (excluding diaryl/α,β-unsaturated/α-hetero) is 1. The molecule has 3 N–H and O–H groups in total. The van der Waals surface area contributed by atoms with Gasteiger partial charge in [-0.05, 0) is 123 Å². The van der Waals surface area contributed by atoms with Gasteiger partial charge in [0.15, 0.2) is 5.78 Å². The second-order valence-corrected chi connectivity index (χ2v) is 20.8. The Morgan fingerprint density at radius 3 is 2.14 bits per heavy atom. The number of thiocarbonyl (C=S) groups is 1. The smallest absolute Gasteiger partial charge is 0.417 e. The fourth-order valence-electron chi connectivity index (χ4n) is 8.95. The molecule has 3 heterocycles. The zero-order valence-electron chi connectivity index (χ0n) is 40.8. The van der Waals surface area contributed by atoms with E-state index in [0.29, 0.717) is 36.0 Å². The summed E-state index contributed by atoms with van der Waals surface area (Å²) in [4.78, 5) is 63.4. The second-order valence-electron chi connectivity index (χ2n) is 19.6. The summed E-state index contributed by atoms with van der Waals surface area (Å²) in [5, 5.41) is 25.7. The number of benzene rings is 4. The van der Waals surface area contributed by atoms with E-state index in [1.54, 1.807) is 90.2 Å². The maximum absolute atomic E-state index is 14.1. The van der Waals surface area contributed by atoms with Gasteiger partial charge in [-0.15, -0.1) is 11.3 Å². The number of rotatable bonds is 17. The molecule has 0 spiro atoms. The maximum Gasteiger partial charge on any atom is 0.417 e. The number of nitrogens with zero attached hydrogens (tertiary/aromatic N) is 4. The SMILES string of the molecule is Cc1ncsc1-c1ccc(CNC(=O)[C@@H]2C[C@@H](O)CN2C(=O)[C@@H](NC(=O)c2ccc(OCCCCCOc3ccc(N4C(=S)C(c5ccc(C#N)c(C(F)(F)F)c5)C(=O)C4(C)C)cc3)cc2)C(C)(C)C)cc1. The molecule has 2 aliphatic rings. The van der Waals surface area contributed by atoms with E-state index in [9.17, 15) is 42.7 Å². The van der Waals surface area contributed by atoms with Crippen molar-refractivity contribution in [2.75, 3.05) is 24.7 Å². The zero-order chi connectivity index (χ0) is 52.1. The van der Waals surface area contributed by atoms with Crippen LogP contribution >= 0.6 is 23.6 Å². The first-order chi connectivity index (χ1) is 34.1. The average molecular weight is 1020 g/mol. The number of alkyl halides is 3. The summed E-state index contributed by atoms with van der Waals surface area (Å²) in [6, 6.07) is 24.3. The molecule has 3 amide bonds. The summed E-state index contributed by atoms with van der Waals surface area (Å²) in [6.45, 7) is 11.8. The fraction of sp³-hybridized carbons (Fsp3) is 0.389. The number of aliphatic hydroxyl groups is 1. The lowest BCUT2D eigenvalue weighted by molar-refractivity contribution is -0.142. The van der Waals surface area contributed by atoms with E-state index in [4.69, 9.17) is 21.7 Å². The first kappa shape index (κ1) is 53.1. The first-order valence-electron chi connectivity index (χ1n) is 23.6. The lowest BCUT2D eigenvalue weighted by Crippen LogP contribution is -2.57. The Labute approximate surface area is 426 Å². The van der Waals surface area contributed by atoms with Gasteiger partial charge in [0.2, 0.25) is 11.8 Å². The molecule has 0 saturated carbocycles. The van der Waals surface area contributed by atoms with Crippen molar-refractivity contribution in [3.63, 3.8) is 0 Å². The van der Waals surface area contributed by atoms with Gasteiger partial charge < -0.3 is 35.0 Å². The Kier molecular flexibility index (Phi) is 16.2. The number of β-amino-alcohol motifs (C(OH)–C–C–N with tert-alkyl or cyclic N) is 1. The number of aromatic nitrogens is 1. The monoisotopic (exact) mass is 1020 g/mol. The molecule has 0 bridgehead atoms. The van der Waals surface area contributed by atoms with Crippen LogP contribution in [0.2, 0.25) is 0 Å². The van der Waals surface area contributed by atoms with E-state index in [-0.39, 0.29) is 41.8 Å². The predicted octanol–water partition coefficient (Wildman–Crippen LogP) is 9.34. The molecular weight excluding hydrogens is 966 g/mol. The van der Waals surface area contributed by atoms with E-state index in [2.05, 4.69) is 15.6 Å². The van der Waals surface area contributed by atoms with Crippen molar-refractivity contribution in [3.8, 4) is 28.0 Å². The summed E-state index contributed by atoms with van der Waals surface area (Å²) in [6.07, 6.45) is -3.34. The van der Waals surface area contributed by atoms with Crippen molar-refractivity contribution in [3.05, 3.63) is 130 Å². The molecular formula is C54H57F3N6O7S2. The number of anilines is 1. The highest BCUT2D eigenvalue weighted by atomic mass is 32.1. The summed E-state index contributed by atoms with van der Waals surface area (Å²) in [5.74, 6) is -1.62. The normalized spacial score (nSPS) is 18.2. The van der Waals surface area contributed by atoms with Crippen LogP contribution in [0.15, 0.2) is 96.5 Å². The number of amides is 3. The summed E-state index contributed by atoms with van der Waals surface area (Å²) >= 11 is 7.27. The highest BCUT2D eigenvalue weighted by Gasteiger charge is 2.52. The number of carbonyl (C=O) groups is 4. The van der Waals surface area contributed by atoms with Gasteiger partial charge >= 0.3 is 6.18 Å². The predicted molar refractivity (Wildman–Crippen MR) is 272 cm³/mol. The number of nitrogens with one attached hydrogen (secondary N) is 2. The molecule has 378 valence electrons. The minimum absolute atomic E-state index is 0.0381. The number of aliphatic hydroxyl groups excluding tert-OH is 1. The van der Waals surface area contributed by atoms with Crippen molar-refractivity contribution in [2.24, 2.45) is 5.41 Å². The van der Waals surface area contributed by atoms with Crippen LogP contribution in [0.25, 0.3) is 10.4 Å². The average Bonchev–Trinajstić information content (AvgIpc) is 4.01. The molecule has 2 fully saturated rings. The van der Waals surface area contributed by atoms with Crippen LogP contribution < -0.4 is 25.0 Å². The van der Waals surface area contributed by atoms with Gasteiger partial charge in [-0.2, -0.15) is 18.4 Å². The van der Waals surface area contributed by atoms with Crippen LogP contribution in [0.5, 0.6) is 11.5 Å². The van der Waals surface area contributed by atoms with Crippen molar-refractivity contribution in [2.45, 2.75) is 110 Å². The van der Waals surface area contributed by atoms with Gasteiger partial charge in [0, 0.05) is 30.8 Å². The van der Waals surface area contributed by atoms with Gasteiger partial charge in [-0.1, -0.05) is 63.3 Å². The van der Waals surface area contributed by atoms with Crippen LogP contribution in [0.3, 0.4) is 0 Å². The zero-order valence-corrected chi connectivity index (χ0v) is 42.5. The Bertz CT molecular complexity index is 2840. The van der Waals surface area contributed by atoms with Crippen LogP contribution in [0.1, 0.15) is 105 Å². The molecule has 4 aromatic carbocycles. The van der Waals surface area contributed by atoms with Gasteiger partial charge in [0.25, 0.3) is 5.91 Å². The number of unbranched alkanes of at least 4 members (excludes halogenated alkanes) is 2. The summed E-state index contributed by atoms with van der Waals surface area (Å²) < 4.78 is 53.1. The van der Waals surface area contributed by atoms with E-state index in [0.717, 1.165) is 53.1 Å². The number of carbonyl (C=O) groups excluding carboxylic acids is 4. The number of halogens is 3. The lowest BCUT2D eigenvalue weighted by atomic mass is 9.85. The van der Waals surface area contributed by atoms with Crippen molar-refractivity contribution in [1.29, 1.82) is 5.26 Å². The molecule has 4 atom stereocenters. The number of ether oxygens (including phenoxy) is 2. The number of hydrogen-bond acceptors (Lipinski definition) is 11. The lowest BCUT2D eigenvalue weighted by Gasteiger charge is -2.35. The van der Waals surface area contributed by atoms with Crippen molar-refractivity contribution < 1.29 is 46.9 Å². The van der Waals surface area contributed by atoms with Gasteiger partial charge in [-0.25, -0.2) is 4.98 Å². The standard InChI is InChI=1S/C54H57F3N6O7S2/c1-32-45(72-31-60-32)34-12-10-33(11-13-34)29-59-49(67)43-27-39(64)30-62(43)50(68)46(52(2,3)4)61-48(66)35-16-20-40(21-17-35)69-24-8-7-9-25-70-41-22-18-38(19-23-41)63-51(71)44(47(65)53(63,5)6)36-14-15-37(28-58)42(26-36)54(55,56)57/h10-23,26,31,39,43-44,46,64H,7-9,24-25,27,29-30H2,1-6H3,(H,59,67)(H,61,66)/t39-,43+,44?,46-/m1/s1. The second kappa shape index (κ2) is 22.0. The number of aryl methyl sites for hydroxylation is 1. The molecule has 1 unspecified atom stereocenters. The molecule has 2 aliphatic heterocycles. The molecule has 13 nitrogen and oxygen atoms in total. The maximum atomic E-state index is 14.1. The van der Waals surface area contributed by atoms with Gasteiger partial charge in [0.1, 0.15) is 23.6 Å². The van der Waals surface area contributed by atoms with E-state index < -0.39 is 64.2 Å². The van der Waals surface area contributed by atoms with Crippen LogP contribution in [-0.2, 0) is 27.1 Å². The minimum atomic E-state index is -4.78. The Morgan fingerprint density at radius 1 is 0.944 bits per heavy atom. The molecule has 0 radical (unpaired) electrons. The van der Waals surface area contributed by atoms with Crippen LogP contribution in [-0.4, -0.2) is 87.0 Å². The van der Waals surface area contributed by atoms with E-state index in [1.165, 1.54) is 11.0 Å². The van der Waals surface area contributed by atoms with Crippen LogP contribution in [0, 0.1) is 23.7 Å². The summed E-state index contributed by atoms with van der Waals surface area (Å²) in [7, 11) is 0. The Morgan fingerprint density at radius 2 is 1.57 bits per heavy atom. The quantitative estimate of drug-likeness (QED) is 0.0598. The number of thiazole rings is 1. The molecule has 5 aromatic rings. The largest absolute Gasteiger partial charge is 0.494 e. The van der Waals surface area contributed by atoms with E-state index >= 15 is 0 Å². The van der Waals surface area contributed by atoms with Gasteiger partial charge in [-0.3, -0.25) is 19.2 Å². The number of ketones is 1.